The minimum absolute atomic E-state index is 0.0302. The predicted molar refractivity (Wildman–Crippen MR) is 91.1 cm³/mol. The Morgan fingerprint density at radius 1 is 1.21 bits per heavy atom. The molecule has 4 nitrogen and oxygen atoms in total. The Hall–Kier alpha value is -2.27. The van der Waals surface area contributed by atoms with E-state index in [2.05, 4.69) is 0 Å². The molecule has 1 saturated carbocycles. The number of amides is 1. The van der Waals surface area contributed by atoms with Crippen LogP contribution in [0.25, 0.3) is 0 Å². The number of para-hydroxylation sites is 1. The van der Waals surface area contributed by atoms with Gasteiger partial charge in [0.1, 0.15) is 4.87 Å². The Morgan fingerprint density at radius 3 is 2.79 bits per heavy atom. The molecule has 0 bridgehead atoms. The van der Waals surface area contributed by atoms with Crippen molar-refractivity contribution in [3.8, 4) is 0 Å². The molecule has 24 heavy (non-hydrogen) atoms. The Kier molecular flexibility index (Phi) is 2.72. The molecule has 2 aliphatic heterocycles. The SMILES string of the molecule is COC(=O)[C@@H]1C[C@@]23Sc4ccccc4N2C(=O)c2ccccc2[C@@H]13. The van der Waals surface area contributed by atoms with E-state index in [1.165, 1.54) is 7.11 Å². The number of hydrogen-bond donors (Lipinski definition) is 0. The van der Waals surface area contributed by atoms with Crippen molar-refractivity contribution >= 4 is 29.3 Å². The summed E-state index contributed by atoms with van der Waals surface area (Å²) in [5, 5.41) is 0. The van der Waals surface area contributed by atoms with Crippen LogP contribution in [0.3, 0.4) is 0 Å². The van der Waals surface area contributed by atoms with Crippen molar-refractivity contribution in [1.29, 1.82) is 0 Å². The molecule has 5 rings (SSSR count). The van der Waals surface area contributed by atoms with Crippen LogP contribution in [0, 0.1) is 5.92 Å². The summed E-state index contributed by atoms with van der Waals surface area (Å²) >= 11 is 1.71. The minimum atomic E-state index is -0.395. The second-order valence-corrected chi connectivity index (χ2v) is 7.80. The number of rotatable bonds is 1. The molecule has 1 fully saturated rings. The van der Waals surface area contributed by atoms with E-state index in [4.69, 9.17) is 4.74 Å². The smallest absolute Gasteiger partial charge is 0.309 e. The van der Waals surface area contributed by atoms with E-state index in [1.807, 2.05) is 53.4 Å². The monoisotopic (exact) mass is 337 g/mol. The van der Waals surface area contributed by atoms with Gasteiger partial charge in [0.05, 0.1) is 18.7 Å². The van der Waals surface area contributed by atoms with E-state index < -0.39 is 4.87 Å². The number of benzene rings is 2. The molecule has 1 spiro atoms. The van der Waals surface area contributed by atoms with Gasteiger partial charge in [-0.1, -0.05) is 42.1 Å². The highest BCUT2D eigenvalue weighted by Crippen LogP contribution is 2.69. The van der Waals surface area contributed by atoms with Crippen LogP contribution in [0.5, 0.6) is 0 Å². The van der Waals surface area contributed by atoms with Gasteiger partial charge in [0.25, 0.3) is 5.91 Å². The molecule has 1 aliphatic carbocycles. The second kappa shape index (κ2) is 4.63. The molecule has 120 valence electrons. The average Bonchev–Trinajstić information content (AvgIpc) is 2.95. The van der Waals surface area contributed by atoms with Crippen molar-refractivity contribution in [1.82, 2.24) is 0 Å². The lowest BCUT2D eigenvalue weighted by Crippen LogP contribution is -2.65. The van der Waals surface area contributed by atoms with E-state index in [0.29, 0.717) is 12.0 Å². The van der Waals surface area contributed by atoms with Crippen LogP contribution >= 0.6 is 11.8 Å². The summed E-state index contributed by atoms with van der Waals surface area (Å²) in [6.45, 7) is 0. The summed E-state index contributed by atoms with van der Waals surface area (Å²) in [6, 6.07) is 15.6. The molecule has 2 aromatic carbocycles. The highest BCUT2D eigenvalue weighted by atomic mass is 32.2. The maximum Gasteiger partial charge on any atom is 0.309 e. The number of methoxy groups -OCH3 is 1. The second-order valence-electron chi connectivity index (χ2n) is 6.45. The zero-order valence-corrected chi connectivity index (χ0v) is 13.9. The van der Waals surface area contributed by atoms with Crippen molar-refractivity contribution in [2.24, 2.45) is 5.92 Å². The van der Waals surface area contributed by atoms with Crippen LogP contribution in [0.2, 0.25) is 0 Å². The number of thioether (sulfide) groups is 1. The number of anilines is 1. The lowest BCUT2D eigenvalue weighted by atomic mass is 9.61. The summed E-state index contributed by atoms with van der Waals surface area (Å²) in [4.78, 5) is 28.1. The fourth-order valence-corrected chi connectivity index (χ4v) is 6.16. The van der Waals surface area contributed by atoms with E-state index in [1.54, 1.807) is 11.8 Å². The molecule has 5 heteroatoms. The Morgan fingerprint density at radius 2 is 1.96 bits per heavy atom. The van der Waals surface area contributed by atoms with Crippen molar-refractivity contribution in [3.63, 3.8) is 0 Å². The minimum Gasteiger partial charge on any atom is -0.469 e. The third kappa shape index (κ3) is 1.51. The van der Waals surface area contributed by atoms with Crippen LogP contribution in [0.4, 0.5) is 5.69 Å². The molecule has 2 aromatic rings. The van der Waals surface area contributed by atoms with Gasteiger partial charge in [0, 0.05) is 16.4 Å². The van der Waals surface area contributed by atoms with Gasteiger partial charge in [-0.3, -0.25) is 14.5 Å². The molecular formula is C19H15NO3S. The fraction of sp³-hybridized carbons (Fsp3) is 0.263. The summed E-state index contributed by atoms with van der Waals surface area (Å²) in [7, 11) is 1.43. The van der Waals surface area contributed by atoms with Crippen molar-refractivity contribution in [3.05, 3.63) is 59.7 Å². The number of fused-ring (bicyclic) bond motifs is 4. The van der Waals surface area contributed by atoms with Crippen molar-refractivity contribution in [2.45, 2.75) is 22.1 Å². The molecule has 0 aromatic heterocycles. The third-order valence-electron chi connectivity index (χ3n) is 5.41. The quantitative estimate of drug-likeness (QED) is 0.748. The van der Waals surface area contributed by atoms with Gasteiger partial charge in [0.15, 0.2) is 0 Å². The summed E-state index contributed by atoms with van der Waals surface area (Å²) in [5.41, 5.74) is 2.63. The summed E-state index contributed by atoms with van der Waals surface area (Å²) in [6.07, 6.45) is 0.629. The third-order valence-corrected chi connectivity index (χ3v) is 6.93. The maximum absolute atomic E-state index is 13.2. The highest BCUT2D eigenvalue weighted by Gasteiger charge is 2.68. The van der Waals surface area contributed by atoms with Gasteiger partial charge in [-0.25, -0.2) is 0 Å². The summed E-state index contributed by atoms with van der Waals surface area (Å²) in [5.74, 6) is -0.390. The zero-order valence-electron chi connectivity index (χ0n) is 13.1. The van der Waals surface area contributed by atoms with E-state index >= 15 is 0 Å². The van der Waals surface area contributed by atoms with Crippen LogP contribution in [-0.2, 0) is 9.53 Å². The van der Waals surface area contributed by atoms with Crippen molar-refractivity contribution < 1.29 is 14.3 Å². The standard InChI is InChI=1S/C19H15NO3S/c1-23-18(22)13-10-19-16(13)11-6-2-3-7-12(11)17(21)20(19)14-8-4-5-9-15(14)24-19/h2-9,13,16H,10H2,1H3/t13-,16+,19+/m1/s1. The first-order valence-electron chi connectivity index (χ1n) is 7.97. The molecule has 2 heterocycles. The number of nitrogens with zero attached hydrogens (tertiary/aromatic N) is 1. The molecule has 3 aliphatic rings. The first-order chi connectivity index (χ1) is 11.7. The number of carbonyl (C=O) groups excluding carboxylic acids is 2. The number of carbonyl (C=O) groups is 2. The van der Waals surface area contributed by atoms with Crippen LogP contribution in [0.15, 0.2) is 53.4 Å². The maximum atomic E-state index is 13.2. The van der Waals surface area contributed by atoms with Gasteiger partial charge in [-0.05, 0) is 30.2 Å². The first-order valence-corrected chi connectivity index (χ1v) is 8.78. The van der Waals surface area contributed by atoms with Gasteiger partial charge in [-0.15, -0.1) is 0 Å². The normalized spacial score (nSPS) is 29.0. The average molecular weight is 337 g/mol. The lowest BCUT2D eigenvalue weighted by molar-refractivity contribution is -0.150. The number of esters is 1. The predicted octanol–water partition coefficient (Wildman–Crippen LogP) is 3.43. The number of ether oxygens (including phenoxy) is 1. The van der Waals surface area contributed by atoms with Gasteiger partial charge in [-0.2, -0.15) is 0 Å². The van der Waals surface area contributed by atoms with E-state index in [-0.39, 0.29) is 23.7 Å². The Labute approximate surface area is 143 Å². The Bertz CT molecular complexity index is 896. The first kappa shape index (κ1) is 14.1. The molecule has 0 saturated heterocycles. The van der Waals surface area contributed by atoms with Gasteiger partial charge in [0.2, 0.25) is 0 Å². The van der Waals surface area contributed by atoms with Crippen LogP contribution in [0.1, 0.15) is 28.3 Å². The lowest BCUT2D eigenvalue weighted by Gasteiger charge is -2.58. The zero-order chi connectivity index (χ0) is 16.5. The molecule has 0 radical (unpaired) electrons. The van der Waals surface area contributed by atoms with E-state index in [9.17, 15) is 9.59 Å². The van der Waals surface area contributed by atoms with Crippen molar-refractivity contribution in [2.75, 3.05) is 12.0 Å². The molecule has 0 unspecified atom stereocenters. The van der Waals surface area contributed by atoms with Crippen LogP contribution in [-0.4, -0.2) is 23.9 Å². The largest absolute Gasteiger partial charge is 0.469 e. The molecule has 1 amide bonds. The topological polar surface area (TPSA) is 46.6 Å². The van der Waals surface area contributed by atoms with E-state index in [0.717, 1.165) is 16.1 Å². The molecular weight excluding hydrogens is 322 g/mol. The molecule has 0 N–H and O–H groups in total. The van der Waals surface area contributed by atoms with Gasteiger partial charge < -0.3 is 4.74 Å². The Balaban J connectivity index is 1.73. The van der Waals surface area contributed by atoms with Gasteiger partial charge >= 0.3 is 5.97 Å². The summed E-state index contributed by atoms with van der Waals surface area (Å²) < 4.78 is 5.02. The van der Waals surface area contributed by atoms with Crippen LogP contribution < -0.4 is 4.90 Å². The fourth-order valence-electron chi connectivity index (χ4n) is 4.41. The highest BCUT2D eigenvalue weighted by molar-refractivity contribution is 8.01. The molecule has 3 atom stereocenters. The number of hydrogen-bond acceptors (Lipinski definition) is 4.